The van der Waals surface area contributed by atoms with Gasteiger partial charge in [-0.05, 0) is 117 Å². The van der Waals surface area contributed by atoms with Gasteiger partial charge in [0.25, 0.3) is 0 Å². The van der Waals surface area contributed by atoms with Crippen LogP contribution in [0, 0.1) is 5.92 Å². The summed E-state index contributed by atoms with van der Waals surface area (Å²) >= 11 is 0. The summed E-state index contributed by atoms with van der Waals surface area (Å²) in [5, 5.41) is 0. The molecule has 0 aliphatic carbocycles. The van der Waals surface area contributed by atoms with E-state index in [0.717, 1.165) is 26.0 Å². The molecule has 0 N–H and O–H groups in total. The molecular formula is C45H85NO. The summed E-state index contributed by atoms with van der Waals surface area (Å²) in [5.74, 6) is 0.628. The van der Waals surface area contributed by atoms with Crippen molar-refractivity contribution in [2.24, 2.45) is 5.92 Å². The Labute approximate surface area is 297 Å². The molecule has 1 atom stereocenters. The molecule has 0 rings (SSSR count). The fourth-order valence-electron chi connectivity index (χ4n) is 6.15. The molecule has 0 aromatic carbocycles. The molecule has 0 spiro atoms. The standard InChI is InChI=1S/C45H85NO/c1-7-9-11-13-15-17-19-21-23-25-27-29-31-33-35-37-40-45(4,47-43-44(3)39-42-46(5)6)41-38-36-34-32-30-28-26-24-22-20-18-16-14-12-10-8-2/h15-18,21-24,44H,7-14,19-20,25-43H2,1-6H3/b17-15-,18-16-,23-21-,24-22-/t44-/m0/s1. The Hall–Kier alpha value is -1.12. The van der Waals surface area contributed by atoms with Crippen LogP contribution in [0.15, 0.2) is 48.6 Å². The number of allylic oxidation sites excluding steroid dienone is 8. The van der Waals surface area contributed by atoms with Gasteiger partial charge in [-0.15, -0.1) is 0 Å². The lowest BCUT2D eigenvalue weighted by molar-refractivity contribution is -0.0611. The zero-order valence-electron chi connectivity index (χ0n) is 33.1. The van der Waals surface area contributed by atoms with Crippen molar-refractivity contribution in [1.82, 2.24) is 4.90 Å². The number of unbranched alkanes of at least 4 members (excludes halogenated alkanes) is 18. The summed E-state index contributed by atoms with van der Waals surface area (Å²) in [4.78, 5) is 2.30. The second-order valence-corrected chi connectivity index (χ2v) is 15.1. The summed E-state index contributed by atoms with van der Waals surface area (Å²) in [7, 11) is 4.35. The molecular weight excluding hydrogens is 571 g/mol. The molecule has 0 aromatic rings. The van der Waals surface area contributed by atoms with E-state index in [1.807, 2.05) is 0 Å². The Bertz CT molecular complexity index is 684. The van der Waals surface area contributed by atoms with Gasteiger partial charge in [0, 0.05) is 6.61 Å². The number of hydrogen-bond acceptors (Lipinski definition) is 2. The smallest absolute Gasteiger partial charge is 0.0654 e. The number of nitrogens with zero attached hydrogens (tertiary/aromatic N) is 1. The van der Waals surface area contributed by atoms with Crippen molar-refractivity contribution in [2.45, 2.75) is 207 Å². The normalized spacial score (nSPS) is 13.5. The summed E-state index contributed by atoms with van der Waals surface area (Å²) in [6.07, 6.45) is 54.1. The molecule has 47 heavy (non-hydrogen) atoms. The molecule has 276 valence electrons. The Morgan fingerprint density at radius 1 is 0.511 bits per heavy atom. The molecule has 0 fully saturated rings. The number of ether oxygens (including phenoxy) is 1. The maximum atomic E-state index is 6.73. The molecule has 0 aliphatic rings. The first kappa shape index (κ1) is 45.9. The van der Waals surface area contributed by atoms with Gasteiger partial charge in [-0.3, -0.25) is 0 Å². The van der Waals surface area contributed by atoms with Crippen LogP contribution in [0.1, 0.15) is 201 Å². The first-order valence-electron chi connectivity index (χ1n) is 20.8. The zero-order chi connectivity index (χ0) is 34.5. The molecule has 2 heteroatoms. The zero-order valence-corrected chi connectivity index (χ0v) is 33.1. The van der Waals surface area contributed by atoms with Crippen LogP contribution in [0.4, 0.5) is 0 Å². The van der Waals surface area contributed by atoms with Gasteiger partial charge >= 0.3 is 0 Å². The molecule has 0 aromatic heterocycles. The summed E-state index contributed by atoms with van der Waals surface area (Å²) in [5.41, 5.74) is 0.0524. The highest BCUT2D eigenvalue weighted by molar-refractivity contribution is 4.93. The first-order chi connectivity index (χ1) is 22.9. The van der Waals surface area contributed by atoms with E-state index in [9.17, 15) is 0 Å². The highest BCUT2D eigenvalue weighted by atomic mass is 16.5. The fraction of sp³-hybridized carbons (Fsp3) is 0.822. The maximum absolute atomic E-state index is 6.73. The van der Waals surface area contributed by atoms with Gasteiger partial charge in [0.1, 0.15) is 0 Å². The average molecular weight is 656 g/mol. The highest BCUT2D eigenvalue weighted by Gasteiger charge is 2.25. The Kier molecular flexibility index (Phi) is 35.3. The molecule has 0 aliphatic heterocycles. The van der Waals surface area contributed by atoms with Crippen LogP contribution in [-0.2, 0) is 4.74 Å². The van der Waals surface area contributed by atoms with E-state index in [0.29, 0.717) is 5.92 Å². The van der Waals surface area contributed by atoms with Crippen LogP contribution in [0.5, 0.6) is 0 Å². The van der Waals surface area contributed by atoms with Crippen LogP contribution in [-0.4, -0.2) is 37.7 Å². The lowest BCUT2D eigenvalue weighted by atomic mass is 9.90. The van der Waals surface area contributed by atoms with E-state index >= 15 is 0 Å². The minimum absolute atomic E-state index is 0.0524. The van der Waals surface area contributed by atoms with Crippen molar-refractivity contribution in [3.63, 3.8) is 0 Å². The molecule has 0 saturated carbocycles. The van der Waals surface area contributed by atoms with E-state index < -0.39 is 0 Å². The van der Waals surface area contributed by atoms with E-state index in [1.54, 1.807) is 0 Å². The van der Waals surface area contributed by atoms with Gasteiger partial charge in [0.2, 0.25) is 0 Å². The van der Waals surface area contributed by atoms with Gasteiger partial charge in [0.05, 0.1) is 5.60 Å². The minimum atomic E-state index is 0.0524. The summed E-state index contributed by atoms with van der Waals surface area (Å²) < 4.78 is 6.73. The van der Waals surface area contributed by atoms with Crippen LogP contribution >= 0.6 is 0 Å². The van der Waals surface area contributed by atoms with Gasteiger partial charge in [-0.2, -0.15) is 0 Å². The topological polar surface area (TPSA) is 12.5 Å². The Balaban J connectivity index is 4.14. The Morgan fingerprint density at radius 3 is 1.26 bits per heavy atom. The van der Waals surface area contributed by atoms with Crippen molar-refractivity contribution in [2.75, 3.05) is 27.2 Å². The van der Waals surface area contributed by atoms with Gasteiger partial charge in [0.15, 0.2) is 0 Å². The third kappa shape index (κ3) is 36.0. The third-order valence-corrected chi connectivity index (χ3v) is 9.60. The maximum Gasteiger partial charge on any atom is 0.0654 e. The van der Waals surface area contributed by atoms with E-state index in [2.05, 4.69) is 95.3 Å². The Morgan fingerprint density at radius 2 is 0.872 bits per heavy atom. The molecule has 0 unspecified atom stereocenters. The molecule has 0 saturated heterocycles. The van der Waals surface area contributed by atoms with E-state index in [-0.39, 0.29) is 5.60 Å². The van der Waals surface area contributed by atoms with Crippen LogP contribution in [0.25, 0.3) is 0 Å². The first-order valence-corrected chi connectivity index (χ1v) is 20.8. The number of rotatable bonds is 36. The SMILES string of the molecule is CCCCC/C=C\C/C=C\CCCCCCCCC(C)(CCCCCCCC/C=C\C/C=C\CCCCC)OC[C@@H](C)CCN(C)C. The predicted molar refractivity (Wildman–Crippen MR) is 215 cm³/mol. The second kappa shape index (κ2) is 36.2. The van der Waals surface area contributed by atoms with Crippen molar-refractivity contribution in [1.29, 1.82) is 0 Å². The van der Waals surface area contributed by atoms with E-state index in [1.165, 1.54) is 161 Å². The molecule has 0 heterocycles. The molecule has 0 amide bonds. The number of hydrogen-bond donors (Lipinski definition) is 0. The van der Waals surface area contributed by atoms with Gasteiger partial charge in [-0.25, -0.2) is 0 Å². The van der Waals surface area contributed by atoms with Crippen molar-refractivity contribution < 1.29 is 4.74 Å². The van der Waals surface area contributed by atoms with Crippen LogP contribution < -0.4 is 0 Å². The molecule has 2 nitrogen and oxygen atoms in total. The highest BCUT2D eigenvalue weighted by Crippen LogP contribution is 2.28. The lowest BCUT2D eigenvalue weighted by Gasteiger charge is -2.32. The fourth-order valence-corrected chi connectivity index (χ4v) is 6.15. The molecule has 0 radical (unpaired) electrons. The molecule has 0 bridgehead atoms. The van der Waals surface area contributed by atoms with Crippen molar-refractivity contribution >= 4 is 0 Å². The summed E-state index contributed by atoms with van der Waals surface area (Å²) in [6.45, 7) is 11.4. The van der Waals surface area contributed by atoms with E-state index in [4.69, 9.17) is 4.74 Å². The van der Waals surface area contributed by atoms with Gasteiger partial charge in [-0.1, -0.05) is 159 Å². The third-order valence-electron chi connectivity index (χ3n) is 9.60. The predicted octanol–water partition coefficient (Wildman–Crippen LogP) is 14.8. The lowest BCUT2D eigenvalue weighted by Crippen LogP contribution is -2.31. The monoisotopic (exact) mass is 656 g/mol. The van der Waals surface area contributed by atoms with Crippen LogP contribution in [0.2, 0.25) is 0 Å². The second-order valence-electron chi connectivity index (χ2n) is 15.1. The minimum Gasteiger partial charge on any atom is -0.375 e. The van der Waals surface area contributed by atoms with Crippen molar-refractivity contribution in [3.05, 3.63) is 48.6 Å². The quantitative estimate of drug-likeness (QED) is 0.0492. The largest absolute Gasteiger partial charge is 0.375 e. The van der Waals surface area contributed by atoms with Crippen molar-refractivity contribution in [3.8, 4) is 0 Å². The van der Waals surface area contributed by atoms with Gasteiger partial charge < -0.3 is 9.64 Å². The average Bonchev–Trinajstić information content (AvgIpc) is 3.06. The summed E-state index contributed by atoms with van der Waals surface area (Å²) in [6, 6.07) is 0. The van der Waals surface area contributed by atoms with Crippen LogP contribution in [0.3, 0.4) is 0 Å².